The van der Waals surface area contributed by atoms with Crippen LogP contribution < -0.4 is 10.6 Å². The molecule has 19 heavy (non-hydrogen) atoms. The fourth-order valence-corrected chi connectivity index (χ4v) is 2.07. The van der Waals surface area contributed by atoms with Crippen LogP contribution in [0.1, 0.15) is 29.5 Å². The maximum absolute atomic E-state index is 12.0. The van der Waals surface area contributed by atoms with E-state index in [9.17, 15) is 4.79 Å². The van der Waals surface area contributed by atoms with Crippen LogP contribution in [0.5, 0.6) is 0 Å². The number of amides is 1. The van der Waals surface area contributed by atoms with Crippen molar-refractivity contribution in [2.24, 2.45) is 0 Å². The molecule has 0 aromatic carbocycles. The van der Waals surface area contributed by atoms with Crippen LogP contribution >= 0.6 is 11.3 Å². The number of anilines is 2. The Morgan fingerprint density at radius 2 is 2.21 bits per heavy atom. The van der Waals surface area contributed by atoms with Gasteiger partial charge in [0.05, 0.1) is 18.1 Å². The average molecular weight is 277 g/mol. The molecule has 2 heterocycles. The van der Waals surface area contributed by atoms with Gasteiger partial charge in [-0.3, -0.25) is 15.1 Å². The highest BCUT2D eigenvalue weighted by Crippen LogP contribution is 2.15. The first kappa shape index (κ1) is 13.4. The Morgan fingerprint density at radius 1 is 1.37 bits per heavy atom. The van der Waals surface area contributed by atoms with Crippen molar-refractivity contribution in [3.05, 3.63) is 29.2 Å². The zero-order chi connectivity index (χ0) is 13.7. The average Bonchev–Trinajstić information content (AvgIpc) is 2.82. The lowest BCUT2D eigenvalue weighted by Crippen LogP contribution is -2.15. The van der Waals surface area contributed by atoms with E-state index in [1.54, 1.807) is 6.20 Å². The zero-order valence-corrected chi connectivity index (χ0v) is 11.6. The van der Waals surface area contributed by atoms with Crippen LogP contribution in [0.25, 0.3) is 0 Å². The normalized spacial score (nSPS) is 10.2. The minimum Gasteiger partial charge on any atom is -0.369 e. The number of carbonyl (C=O) groups is 1. The molecule has 0 radical (unpaired) electrons. The Labute approximate surface area is 115 Å². The standard InChI is InChI=1S/C12H15N5OS/c1-3-4-14-10-6-13-5-9(16-10)11(18)17-12-15-8(2)7-19-12/h5-7H,3-4H2,1-2H3,(H,14,16)(H,15,17,18). The summed E-state index contributed by atoms with van der Waals surface area (Å²) in [5, 5.41) is 8.23. The lowest BCUT2D eigenvalue weighted by atomic mass is 10.4. The predicted molar refractivity (Wildman–Crippen MR) is 75.6 cm³/mol. The number of aromatic nitrogens is 3. The summed E-state index contributed by atoms with van der Waals surface area (Å²) < 4.78 is 0. The molecule has 0 aliphatic carbocycles. The van der Waals surface area contributed by atoms with Gasteiger partial charge in [0.25, 0.3) is 5.91 Å². The van der Waals surface area contributed by atoms with Crippen molar-refractivity contribution < 1.29 is 4.79 Å². The van der Waals surface area contributed by atoms with Gasteiger partial charge in [0, 0.05) is 11.9 Å². The summed E-state index contributed by atoms with van der Waals surface area (Å²) in [7, 11) is 0. The van der Waals surface area contributed by atoms with Crippen molar-refractivity contribution in [1.82, 2.24) is 15.0 Å². The highest BCUT2D eigenvalue weighted by atomic mass is 32.1. The van der Waals surface area contributed by atoms with Crippen LogP contribution in [0.3, 0.4) is 0 Å². The van der Waals surface area contributed by atoms with Crippen LogP contribution in [-0.2, 0) is 0 Å². The molecule has 0 atom stereocenters. The van der Waals surface area contributed by atoms with Gasteiger partial charge in [-0.05, 0) is 13.3 Å². The van der Waals surface area contributed by atoms with Crippen LogP contribution in [-0.4, -0.2) is 27.4 Å². The number of carbonyl (C=O) groups excluding carboxylic acids is 1. The van der Waals surface area contributed by atoms with Gasteiger partial charge in [-0.2, -0.15) is 0 Å². The number of hydrogen-bond acceptors (Lipinski definition) is 6. The molecule has 6 nitrogen and oxygen atoms in total. The van der Waals surface area contributed by atoms with Gasteiger partial charge < -0.3 is 5.32 Å². The van der Waals surface area contributed by atoms with E-state index in [-0.39, 0.29) is 11.6 Å². The molecule has 0 bridgehead atoms. The molecule has 2 aromatic heterocycles. The molecular weight excluding hydrogens is 262 g/mol. The highest BCUT2D eigenvalue weighted by molar-refractivity contribution is 7.13. The van der Waals surface area contributed by atoms with E-state index in [2.05, 4.69) is 32.5 Å². The summed E-state index contributed by atoms with van der Waals surface area (Å²) >= 11 is 1.38. The van der Waals surface area contributed by atoms with Gasteiger partial charge in [0.15, 0.2) is 5.13 Å². The van der Waals surface area contributed by atoms with Gasteiger partial charge in [0.2, 0.25) is 0 Å². The molecule has 0 spiro atoms. The number of rotatable bonds is 5. The van der Waals surface area contributed by atoms with Crippen molar-refractivity contribution >= 4 is 28.2 Å². The lowest BCUT2D eigenvalue weighted by Gasteiger charge is -2.05. The second-order valence-corrected chi connectivity index (χ2v) is 4.82. The Morgan fingerprint density at radius 3 is 2.89 bits per heavy atom. The van der Waals surface area contributed by atoms with E-state index in [1.165, 1.54) is 17.5 Å². The summed E-state index contributed by atoms with van der Waals surface area (Å²) in [6.07, 6.45) is 4.02. The molecule has 0 aliphatic heterocycles. The van der Waals surface area contributed by atoms with E-state index in [4.69, 9.17) is 0 Å². The minimum absolute atomic E-state index is 0.272. The molecule has 100 valence electrons. The third-order valence-corrected chi connectivity index (χ3v) is 3.14. The van der Waals surface area contributed by atoms with Crippen molar-refractivity contribution in [2.75, 3.05) is 17.2 Å². The fraction of sp³-hybridized carbons (Fsp3) is 0.333. The first-order valence-corrected chi connectivity index (χ1v) is 6.86. The molecule has 2 N–H and O–H groups in total. The predicted octanol–water partition coefficient (Wildman–Crippen LogP) is 2.32. The van der Waals surface area contributed by atoms with Crippen LogP contribution in [0.15, 0.2) is 17.8 Å². The van der Waals surface area contributed by atoms with Crippen LogP contribution in [0, 0.1) is 6.92 Å². The second-order valence-electron chi connectivity index (χ2n) is 3.96. The number of thiazole rings is 1. The van der Waals surface area contributed by atoms with Gasteiger partial charge >= 0.3 is 0 Å². The summed E-state index contributed by atoms with van der Waals surface area (Å²) in [6, 6.07) is 0. The van der Waals surface area contributed by atoms with Crippen LogP contribution in [0.2, 0.25) is 0 Å². The maximum Gasteiger partial charge on any atom is 0.277 e. The molecule has 7 heteroatoms. The minimum atomic E-state index is -0.304. The SMILES string of the molecule is CCCNc1cncc(C(=O)Nc2nc(C)cs2)n1. The van der Waals surface area contributed by atoms with Crippen molar-refractivity contribution in [3.63, 3.8) is 0 Å². The number of nitrogens with zero attached hydrogens (tertiary/aromatic N) is 3. The maximum atomic E-state index is 12.0. The summed E-state index contributed by atoms with van der Waals surface area (Å²) in [5.74, 6) is 0.298. The summed E-state index contributed by atoms with van der Waals surface area (Å²) in [4.78, 5) is 24.4. The smallest absolute Gasteiger partial charge is 0.277 e. The molecular formula is C12H15N5OS. The molecule has 0 saturated carbocycles. The van der Waals surface area contributed by atoms with Gasteiger partial charge in [-0.1, -0.05) is 6.92 Å². The monoisotopic (exact) mass is 277 g/mol. The van der Waals surface area contributed by atoms with E-state index in [0.717, 1.165) is 18.7 Å². The number of hydrogen-bond donors (Lipinski definition) is 2. The van der Waals surface area contributed by atoms with Crippen molar-refractivity contribution in [3.8, 4) is 0 Å². The molecule has 0 saturated heterocycles. The zero-order valence-electron chi connectivity index (χ0n) is 10.8. The summed E-state index contributed by atoms with van der Waals surface area (Å²) in [5.41, 5.74) is 1.15. The Bertz CT molecular complexity index is 569. The van der Waals surface area contributed by atoms with Gasteiger partial charge in [-0.25, -0.2) is 9.97 Å². The number of aryl methyl sites for hydroxylation is 1. The molecule has 2 rings (SSSR count). The molecule has 1 amide bonds. The molecule has 0 unspecified atom stereocenters. The molecule has 0 fully saturated rings. The number of nitrogens with one attached hydrogen (secondary N) is 2. The van der Waals surface area contributed by atoms with E-state index < -0.39 is 0 Å². The Balaban J connectivity index is 2.06. The summed E-state index contributed by atoms with van der Waals surface area (Å²) in [6.45, 7) is 4.73. The Hall–Kier alpha value is -2.02. The molecule has 0 aliphatic rings. The lowest BCUT2D eigenvalue weighted by molar-refractivity contribution is 0.102. The molecule has 2 aromatic rings. The van der Waals surface area contributed by atoms with E-state index in [0.29, 0.717) is 10.9 Å². The van der Waals surface area contributed by atoms with Crippen molar-refractivity contribution in [2.45, 2.75) is 20.3 Å². The van der Waals surface area contributed by atoms with Gasteiger partial charge in [-0.15, -0.1) is 11.3 Å². The van der Waals surface area contributed by atoms with Gasteiger partial charge in [0.1, 0.15) is 11.5 Å². The Kier molecular flexibility index (Phi) is 4.40. The first-order chi connectivity index (χ1) is 9.19. The third kappa shape index (κ3) is 3.72. The quantitative estimate of drug-likeness (QED) is 0.876. The highest BCUT2D eigenvalue weighted by Gasteiger charge is 2.10. The largest absolute Gasteiger partial charge is 0.369 e. The van der Waals surface area contributed by atoms with Crippen LogP contribution in [0.4, 0.5) is 10.9 Å². The second kappa shape index (κ2) is 6.24. The first-order valence-electron chi connectivity index (χ1n) is 5.98. The van der Waals surface area contributed by atoms with Crippen molar-refractivity contribution in [1.29, 1.82) is 0 Å². The van der Waals surface area contributed by atoms with E-state index in [1.807, 2.05) is 12.3 Å². The third-order valence-electron chi connectivity index (χ3n) is 2.26. The topological polar surface area (TPSA) is 79.8 Å². The van der Waals surface area contributed by atoms with E-state index >= 15 is 0 Å². The fourth-order valence-electron chi connectivity index (χ4n) is 1.39.